The Kier molecular flexibility index (Phi) is 5.82. The third kappa shape index (κ3) is 4.02. The number of hydrogen-bond donors (Lipinski definition) is 1. The molecule has 1 fully saturated rings. The first-order chi connectivity index (χ1) is 19.4. The van der Waals surface area contributed by atoms with Crippen molar-refractivity contribution in [2.45, 2.75) is 37.7 Å². The molecule has 6 heteroatoms. The minimum atomic E-state index is -1.42. The Hall–Kier alpha value is -4.29. The molecule has 2 heterocycles. The Morgan fingerprint density at radius 1 is 0.700 bits per heavy atom. The first-order valence-corrected chi connectivity index (χ1v) is 13.6. The van der Waals surface area contributed by atoms with Gasteiger partial charge in [0.05, 0.1) is 5.92 Å². The topological polar surface area (TPSA) is 74.2 Å². The average molecular weight is 535 g/mol. The number of aliphatic hydroxyl groups is 1. The standard InChI is InChI=1S/C34H30O6/c1-20-3-7-22(8-4-20)33(35)32-31(24-10-14-28-30(16-24)40-19-38-28)26(23-9-13-27-29(15-23)39-18-37-27)17-34(32,36)25-11-5-21(2)6-12-25/h3-16,26,31-32,36H,17-19H2,1-2H3/t26-,31-,32-,34+/m0/s1. The second kappa shape index (κ2) is 9.42. The fraction of sp³-hybridized carbons (Fsp3) is 0.265. The Morgan fingerprint density at radius 3 is 1.85 bits per heavy atom. The molecule has 3 aliphatic rings. The minimum Gasteiger partial charge on any atom is -0.454 e. The molecule has 1 N–H and O–H groups in total. The third-order valence-electron chi connectivity index (χ3n) is 8.61. The highest BCUT2D eigenvalue weighted by Crippen LogP contribution is 2.60. The largest absolute Gasteiger partial charge is 0.454 e. The number of Topliss-reactive ketones (excluding diaryl/α,β-unsaturated/α-hetero) is 1. The van der Waals surface area contributed by atoms with Crippen LogP contribution in [0.1, 0.15) is 56.4 Å². The molecule has 7 rings (SSSR count). The average Bonchev–Trinajstić information content (AvgIpc) is 3.70. The molecule has 0 unspecified atom stereocenters. The highest BCUT2D eigenvalue weighted by Gasteiger charge is 2.57. The Labute approximate surface area is 233 Å². The number of ketones is 1. The molecule has 1 aliphatic carbocycles. The number of ether oxygens (including phenoxy) is 4. The fourth-order valence-electron chi connectivity index (χ4n) is 6.55. The predicted molar refractivity (Wildman–Crippen MR) is 149 cm³/mol. The minimum absolute atomic E-state index is 0.0889. The van der Waals surface area contributed by atoms with Gasteiger partial charge in [-0.3, -0.25) is 4.79 Å². The smallest absolute Gasteiger partial charge is 0.231 e. The lowest BCUT2D eigenvalue weighted by Gasteiger charge is -2.33. The van der Waals surface area contributed by atoms with E-state index in [1.807, 2.05) is 98.8 Å². The molecule has 2 aliphatic heterocycles. The van der Waals surface area contributed by atoms with Crippen molar-refractivity contribution in [1.29, 1.82) is 0 Å². The van der Waals surface area contributed by atoms with Crippen LogP contribution < -0.4 is 18.9 Å². The van der Waals surface area contributed by atoms with E-state index in [0.717, 1.165) is 27.8 Å². The summed E-state index contributed by atoms with van der Waals surface area (Å²) in [4.78, 5) is 14.5. The molecule has 0 aromatic heterocycles. The molecule has 40 heavy (non-hydrogen) atoms. The van der Waals surface area contributed by atoms with Crippen LogP contribution in [0.2, 0.25) is 0 Å². The molecule has 6 nitrogen and oxygen atoms in total. The molecule has 0 radical (unpaired) electrons. The van der Waals surface area contributed by atoms with E-state index in [4.69, 9.17) is 18.9 Å². The Bertz CT molecular complexity index is 1590. The second-order valence-electron chi connectivity index (χ2n) is 11.1. The molecule has 202 valence electrons. The zero-order chi connectivity index (χ0) is 27.4. The van der Waals surface area contributed by atoms with E-state index < -0.39 is 11.5 Å². The van der Waals surface area contributed by atoms with Gasteiger partial charge in [0.1, 0.15) is 5.60 Å². The van der Waals surface area contributed by atoms with Crippen LogP contribution in [0.15, 0.2) is 84.9 Å². The highest BCUT2D eigenvalue weighted by atomic mass is 16.7. The summed E-state index contributed by atoms with van der Waals surface area (Å²) in [6.45, 7) is 4.35. The van der Waals surface area contributed by atoms with Crippen molar-refractivity contribution in [2.75, 3.05) is 13.6 Å². The quantitative estimate of drug-likeness (QED) is 0.298. The third-order valence-corrected chi connectivity index (χ3v) is 8.61. The van der Waals surface area contributed by atoms with Gasteiger partial charge in [-0.25, -0.2) is 0 Å². The van der Waals surface area contributed by atoms with E-state index in [1.54, 1.807) is 0 Å². The van der Waals surface area contributed by atoms with Crippen LogP contribution in [0, 0.1) is 19.8 Å². The van der Waals surface area contributed by atoms with E-state index in [1.165, 1.54) is 0 Å². The van der Waals surface area contributed by atoms with Crippen LogP contribution in [0.5, 0.6) is 23.0 Å². The lowest BCUT2D eigenvalue weighted by Crippen LogP contribution is -2.38. The summed E-state index contributed by atoms with van der Waals surface area (Å²) >= 11 is 0. The van der Waals surface area contributed by atoms with Gasteiger partial charge in [0.15, 0.2) is 28.8 Å². The molecule has 4 atom stereocenters. The monoisotopic (exact) mass is 534 g/mol. The van der Waals surface area contributed by atoms with Gasteiger partial charge < -0.3 is 24.1 Å². The van der Waals surface area contributed by atoms with Gasteiger partial charge in [0, 0.05) is 11.5 Å². The fourth-order valence-corrected chi connectivity index (χ4v) is 6.55. The molecule has 0 bridgehead atoms. The molecule has 4 aromatic rings. The first-order valence-electron chi connectivity index (χ1n) is 13.6. The van der Waals surface area contributed by atoms with Gasteiger partial charge in [0.2, 0.25) is 13.6 Å². The molecule has 0 spiro atoms. The van der Waals surface area contributed by atoms with Crippen molar-refractivity contribution in [2.24, 2.45) is 5.92 Å². The number of hydrogen-bond acceptors (Lipinski definition) is 6. The van der Waals surface area contributed by atoms with Gasteiger partial charge in [0.25, 0.3) is 0 Å². The zero-order valence-electron chi connectivity index (χ0n) is 22.4. The maximum Gasteiger partial charge on any atom is 0.231 e. The SMILES string of the molecule is Cc1ccc(C(=O)[C@@H]2[C@@H](c3ccc4c(c3)OCO4)[C@H](c3ccc4c(c3)OCO4)C[C@@]2(O)c2ccc(C)cc2)cc1. The van der Waals surface area contributed by atoms with Crippen molar-refractivity contribution >= 4 is 5.78 Å². The number of rotatable bonds is 5. The normalized spacial score (nSPS) is 24.3. The number of aryl methyl sites for hydroxylation is 2. The summed E-state index contributed by atoms with van der Waals surface area (Å²) in [6.07, 6.45) is 0.358. The molecule has 0 amide bonds. The lowest BCUT2D eigenvalue weighted by atomic mass is 9.73. The number of carbonyl (C=O) groups is 1. The first kappa shape index (κ1) is 24.7. The van der Waals surface area contributed by atoms with Crippen LogP contribution >= 0.6 is 0 Å². The van der Waals surface area contributed by atoms with Gasteiger partial charge in [-0.05, 0) is 67.1 Å². The maximum atomic E-state index is 14.5. The van der Waals surface area contributed by atoms with Crippen molar-refractivity contribution in [3.8, 4) is 23.0 Å². The summed E-state index contributed by atoms with van der Waals surface area (Å²) in [7, 11) is 0. The number of benzene rings is 4. The van der Waals surface area contributed by atoms with Gasteiger partial charge in [-0.1, -0.05) is 71.8 Å². The highest BCUT2D eigenvalue weighted by molar-refractivity contribution is 6.00. The van der Waals surface area contributed by atoms with E-state index >= 15 is 0 Å². The molecule has 1 saturated carbocycles. The van der Waals surface area contributed by atoms with Gasteiger partial charge in [-0.15, -0.1) is 0 Å². The van der Waals surface area contributed by atoms with Crippen LogP contribution in [0.4, 0.5) is 0 Å². The van der Waals surface area contributed by atoms with Gasteiger partial charge in [-0.2, -0.15) is 0 Å². The van der Waals surface area contributed by atoms with Crippen LogP contribution in [0.3, 0.4) is 0 Å². The summed E-state index contributed by atoms with van der Waals surface area (Å²) in [5.74, 6) is 1.31. The molecular weight excluding hydrogens is 504 g/mol. The molecular formula is C34H30O6. The second-order valence-corrected chi connectivity index (χ2v) is 11.1. The van der Waals surface area contributed by atoms with Crippen LogP contribution in [0.25, 0.3) is 0 Å². The summed E-state index contributed by atoms with van der Waals surface area (Å²) < 4.78 is 22.6. The Morgan fingerprint density at radius 2 is 1.23 bits per heavy atom. The van der Waals surface area contributed by atoms with Crippen LogP contribution in [-0.2, 0) is 5.60 Å². The van der Waals surface area contributed by atoms with Crippen LogP contribution in [-0.4, -0.2) is 24.5 Å². The summed E-state index contributed by atoms with van der Waals surface area (Å²) in [5.41, 5.74) is 3.96. The molecule has 4 aromatic carbocycles. The van der Waals surface area contributed by atoms with Crippen molar-refractivity contribution in [3.05, 3.63) is 118 Å². The van der Waals surface area contributed by atoms with E-state index in [-0.39, 0.29) is 31.2 Å². The van der Waals surface area contributed by atoms with Gasteiger partial charge >= 0.3 is 0 Å². The van der Waals surface area contributed by atoms with Crippen molar-refractivity contribution in [1.82, 2.24) is 0 Å². The zero-order valence-corrected chi connectivity index (χ0v) is 22.4. The predicted octanol–water partition coefficient (Wildman–Crippen LogP) is 6.42. The number of fused-ring (bicyclic) bond motifs is 2. The summed E-state index contributed by atoms with van der Waals surface area (Å²) in [6, 6.07) is 27.2. The van der Waals surface area contributed by atoms with E-state index in [9.17, 15) is 9.90 Å². The Balaban J connectivity index is 1.43. The van der Waals surface area contributed by atoms with E-state index in [0.29, 0.717) is 35.0 Å². The molecule has 0 saturated heterocycles. The summed E-state index contributed by atoms with van der Waals surface area (Å²) in [5, 5.41) is 12.7. The van der Waals surface area contributed by atoms with Crippen molar-refractivity contribution in [3.63, 3.8) is 0 Å². The maximum absolute atomic E-state index is 14.5. The number of carbonyl (C=O) groups excluding carboxylic acids is 1. The van der Waals surface area contributed by atoms with E-state index in [2.05, 4.69) is 0 Å². The van der Waals surface area contributed by atoms with Crippen molar-refractivity contribution < 1.29 is 28.8 Å². The lowest BCUT2D eigenvalue weighted by molar-refractivity contribution is -0.000276.